The summed E-state index contributed by atoms with van der Waals surface area (Å²) in [6, 6.07) is 12.1. The van der Waals surface area contributed by atoms with Gasteiger partial charge in [0.25, 0.3) is 0 Å². The summed E-state index contributed by atoms with van der Waals surface area (Å²) in [4.78, 5) is 11.5. The normalized spacial score (nSPS) is 29.4. The van der Waals surface area contributed by atoms with E-state index in [1.54, 1.807) is 6.07 Å². The first kappa shape index (κ1) is 17.6. The second kappa shape index (κ2) is 7.37. The maximum absolute atomic E-state index is 11.5. The number of rotatable bonds is 4. The van der Waals surface area contributed by atoms with Gasteiger partial charge in [-0.15, -0.1) is 0 Å². The van der Waals surface area contributed by atoms with Crippen LogP contribution in [0.2, 0.25) is 0 Å². The third kappa shape index (κ3) is 3.59. The van der Waals surface area contributed by atoms with Crippen LogP contribution >= 0.6 is 0 Å². The molecule has 0 spiro atoms. The van der Waals surface area contributed by atoms with Gasteiger partial charge in [-0.1, -0.05) is 36.4 Å². The number of carbonyl (C=O) groups excluding carboxylic acids is 1. The topological polar surface area (TPSA) is 108 Å². The molecule has 0 aliphatic carbocycles. The van der Waals surface area contributed by atoms with E-state index in [0.717, 1.165) is 10.8 Å². The van der Waals surface area contributed by atoms with Gasteiger partial charge in [0.15, 0.2) is 0 Å². The molecule has 7 heteroatoms. The molecule has 0 bridgehead atoms. The minimum absolute atomic E-state index is 0.395. The Kier molecular flexibility index (Phi) is 5.19. The lowest BCUT2D eigenvalue weighted by atomic mass is 9.97. The van der Waals surface area contributed by atoms with Crippen LogP contribution in [-0.4, -0.2) is 58.5 Å². The van der Waals surface area contributed by atoms with Gasteiger partial charge in [0.2, 0.25) is 12.2 Å². The van der Waals surface area contributed by atoms with Gasteiger partial charge >= 0.3 is 0 Å². The van der Waals surface area contributed by atoms with Crippen molar-refractivity contribution >= 4 is 16.7 Å². The Morgan fingerprint density at radius 3 is 2.60 bits per heavy atom. The molecule has 1 amide bonds. The van der Waals surface area contributed by atoms with Crippen molar-refractivity contribution in [3.8, 4) is 5.75 Å². The van der Waals surface area contributed by atoms with Gasteiger partial charge in [0.05, 0.1) is 6.61 Å². The summed E-state index contributed by atoms with van der Waals surface area (Å²) < 4.78 is 11.5. The lowest BCUT2D eigenvalue weighted by Crippen LogP contribution is -2.65. The standard InChI is InChI=1S/C18H21NO6/c1-10(21)19-15-17(23)16(22)14(9-20)25-18(15)24-13-8-4-6-11-5-2-3-7-12(11)13/h2-8,14-18,20,22-23H,9H2,1H3,(H,19,21)/t14-,15-,16+,17-,18-/m1/s1. The van der Waals surface area contributed by atoms with Crippen molar-refractivity contribution < 1.29 is 29.6 Å². The Labute approximate surface area is 144 Å². The SMILES string of the molecule is CC(=O)N[C@H]1[C@H](Oc2cccc3ccccc23)O[C@H](CO)[C@H](O)[C@@H]1O. The number of fused-ring (bicyclic) bond motifs is 1. The zero-order chi connectivity index (χ0) is 18.0. The van der Waals surface area contributed by atoms with Gasteiger partial charge in [0, 0.05) is 12.3 Å². The second-order valence-corrected chi connectivity index (χ2v) is 6.03. The average molecular weight is 347 g/mol. The average Bonchev–Trinajstić information content (AvgIpc) is 2.61. The van der Waals surface area contributed by atoms with Crippen molar-refractivity contribution in [3.63, 3.8) is 0 Å². The van der Waals surface area contributed by atoms with E-state index in [-0.39, 0.29) is 0 Å². The number of benzene rings is 2. The molecular weight excluding hydrogens is 326 g/mol. The number of amides is 1. The quantitative estimate of drug-likeness (QED) is 0.628. The highest BCUT2D eigenvalue weighted by Gasteiger charge is 2.46. The van der Waals surface area contributed by atoms with E-state index in [1.165, 1.54) is 6.92 Å². The lowest BCUT2D eigenvalue weighted by Gasteiger charge is -2.42. The molecule has 4 N–H and O–H groups in total. The van der Waals surface area contributed by atoms with Crippen molar-refractivity contribution in [2.45, 2.75) is 37.6 Å². The van der Waals surface area contributed by atoms with Crippen LogP contribution in [0, 0.1) is 0 Å². The Hall–Kier alpha value is -2.19. The van der Waals surface area contributed by atoms with Crippen LogP contribution < -0.4 is 10.1 Å². The molecule has 1 saturated heterocycles. The summed E-state index contributed by atoms with van der Waals surface area (Å²) >= 11 is 0. The highest BCUT2D eigenvalue weighted by molar-refractivity contribution is 5.88. The van der Waals surface area contributed by atoms with E-state index >= 15 is 0 Å². The first-order valence-corrected chi connectivity index (χ1v) is 8.05. The lowest BCUT2D eigenvalue weighted by molar-refractivity contribution is -0.244. The summed E-state index contributed by atoms with van der Waals surface area (Å²) in [6.07, 6.45) is -4.76. The van der Waals surface area contributed by atoms with Crippen LogP contribution in [0.1, 0.15) is 6.92 Å². The van der Waals surface area contributed by atoms with Gasteiger partial charge in [-0.05, 0) is 11.5 Å². The number of ether oxygens (including phenoxy) is 2. The molecule has 1 fully saturated rings. The van der Waals surface area contributed by atoms with E-state index in [1.807, 2.05) is 36.4 Å². The molecule has 1 aliphatic rings. The van der Waals surface area contributed by atoms with Gasteiger partial charge in [0.1, 0.15) is 30.1 Å². The van der Waals surface area contributed by atoms with Crippen LogP contribution in [0.5, 0.6) is 5.75 Å². The largest absolute Gasteiger partial charge is 0.462 e. The molecule has 1 heterocycles. The van der Waals surface area contributed by atoms with E-state index < -0.39 is 43.2 Å². The molecule has 25 heavy (non-hydrogen) atoms. The summed E-state index contributed by atoms with van der Waals surface area (Å²) in [5.41, 5.74) is 0. The van der Waals surface area contributed by atoms with Gasteiger partial charge in [-0.2, -0.15) is 0 Å². The number of carbonyl (C=O) groups is 1. The molecule has 2 aromatic rings. The molecule has 1 aliphatic heterocycles. The first-order valence-electron chi connectivity index (χ1n) is 8.05. The van der Waals surface area contributed by atoms with Crippen molar-refractivity contribution in [1.29, 1.82) is 0 Å². The van der Waals surface area contributed by atoms with E-state index in [9.17, 15) is 20.1 Å². The number of aliphatic hydroxyl groups is 3. The third-order valence-corrected chi connectivity index (χ3v) is 4.24. The number of aliphatic hydroxyl groups excluding tert-OH is 3. The minimum Gasteiger partial charge on any atom is -0.462 e. The zero-order valence-electron chi connectivity index (χ0n) is 13.7. The van der Waals surface area contributed by atoms with Crippen LogP contribution in [0.15, 0.2) is 42.5 Å². The van der Waals surface area contributed by atoms with Crippen molar-refractivity contribution in [1.82, 2.24) is 5.32 Å². The number of nitrogens with one attached hydrogen (secondary N) is 1. The van der Waals surface area contributed by atoms with Crippen molar-refractivity contribution in [2.75, 3.05) is 6.61 Å². The molecule has 2 aromatic carbocycles. The molecule has 134 valence electrons. The third-order valence-electron chi connectivity index (χ3n) is 4.24. The molecule has 0 unspecified atom stereocenters. The Bertz CT molecular complexity index is 746. The fourth-order valence-electron chi connectivity index (χ4n) is 2.99. The molecule has 0 aromatic heterocycles. The molecule has 5 atom stereocenters. The van der Waals surface area contributed by atoms with Crippen molar-refractivity contribution in [3.05, 3.63) is 42.5 Å². The minimum atomic E-state index is -1.34. The van der Waals surface area contributed by atoms with E-state index in [2.05, 4.69) is 5.32 Å². The predicted octanol–water partition coefficient (Wildman–Crippen LogP) is 0.162. The van der Waals surface area contributed by atoms with Gasteiger partial charge in [-0.3, -0.25) is 4.79 Å². The van der Waals surface area contributed by atoms with Gasteiger partial charge < -0.3 is 30.1 Å². The molecular formula is C18H21NO6. The second-order valence-electron chi connectivity index (χ2n) is 6.03. The van der Waals surface area contributed by atoms with Crippen LogP contribution in [-0.2, 0) is 9.53 Å². The summed E-state index contributed by atoms with van der Waals surface area (Å²) in [5, 5.41) is 34.1. The summed E-state index contributed by atoms with van der Waals surface area (Å²) in [7, 11) is 0. The van der Waals surface area contributed by atoms with Crippen molar-refractivity contribution in [2.24, 2.45) is 0 Å². The van der Waals surface area contributed by atoms with Crippen LogP contribution in [0.3, 0.4) is 0 Å². The predicted molar refractivity (Wildman–Crippen MR) is 89.9 cm³/mol. The Balaban J connectivity index is 1.92. The highest BCUT2D eigenvalue weighted by Crippen LogP contribution is 2.29. The molecule has 3 rings (SSSR count). The Morgan fingerprint density at radius 1 is 1.16 bits per heavy atom. The summed E-state index contributed by atoms with van der Waals surface area (Å²) in [5.74, 6) is 0.118. The maximum atomic E-state index is 11.5. The summed E-state index contributed by atoms with van der Waals surface area (Å²) in [6.45, 7) is 0.812. The number of hydrogen-bond acceptors (Lipinski definition) is 6. The smallest absolute Gasteiger partial charge is 0.223 e. The van der Waals surface area contributed by atoms with E-state index in [4.69, 9.17) is 9.47 Å². The van der Waals surface area contributed by atoms with Gasteiger partial charge in [-0.25, -0.2) is 0 Å². The fourth-order valence-corrected chi connectivity index (χ4v) is 2.99. The molecule has 0 saturated carbocycles. The van der Waals surface area contributed by atoms with Crippen LogP contribution in [0.25, 0.3) is 10.8 Å². The van der Waals surface area contributed by atoms with Crippen LogP contribution in [0.4, 0.5) is 0 Å². The molecule has 7 nitrogen and oxygen atoms in total. The Morgan fingerprint density at radius 2 is 1.88 bits per heavy atom. The first-order chi connectivity index (χ1) is 12.0. The highest BCUT2D eigenvalue weighted by atomic mass is 16.7. The fraction of sp³-hybridized carbons (Fsp3) is 0.389. The maximum Gasteiger partial charge on any atom is 0.223 e. The zero-order valence-corrected chi connectivity index (χ0v) is 13.7. The van der Waals surface area contributed by atoms with E-state index in [0.29, 0.717) is 5.75 Å². The molecule has 0 radical (unpaired) electrons. The monoisotopic (exact) mass is 347 g/mol. The number of hydrogen-bond donors (Lipinski definition) is 4.